The van der Waals surface area contributed by atoms with Crippen molar-refractivity contribution < 1.29 is 13.9 Å². The molecule has 0 radical (unpaired) electrons. The fraction of sp³-hybridized carbons (Fsp3) is 0.421. The summed E-state index contributed by atoms with van der Waals surface area (Å²) >= 11 is 0. The molecule has 4 rings (SSSR count). The molecule has 1 amide bonds. The van der Waals surface area contributed by atoms with Gasteiger partial charge in [0.15, 0.2) is 11.5 Å². The van der Waals surface area contributed by atoms with E-state index < -0.39 is 0 Å². The van der Waals surface area contributed by atoms with Gasteiger partial charge in [0.2, 0.25) is 0 Å². The summed E-state index contributed by atoms with van der Waals surface area (Å²) in [6.07, 6.45) is 5.46. The number of carbonyl (C=O) groups excluding carboxylic acids is 1. The lowest BCUT2D eigenvalue weighted by molar-refractivity contribution is 0.0499. The van der Waals surface area contributed by atoms with Gasteiger partial charge in [-0.05, 0) is 37.0 Å². The van der Waals surface area contributed by atoms with Gasteiger partial charge in [0.1, 0.15) is 11.3 Å². The summed E-state index contributed by atoms with van der Waals surface area (Å²) in [5.74, 6) is 1.61. The molecule has 3 aromatic rings. The van der Waals surface area contributed by atoms with Crippen molar-refractivity contribution in [1.82, 2.24) is 19.9 Å². The molecule has 0 saturated carbocycles. The molecule has 0 bridgehead atoms. The standard InChI is InChI=1S/C19H22N4O3/c1-12-21-15-4-3-14(11-16(15)26-12)19(24)22-17(13-5-9-25-10-6-13)18-20-7-8-23(18)2/h3-4,7-8,11,13,17H,5-6,9-10H2,1-2H3,(H,22,24)/t17-/m0/s1. The van der Waals surface area contributed by atoms with E-state index in [0.29, 0.717) is 36.2 Å². The van der Waals surface area contributed by atoms with Crippen LogP contribution < -0.4 is 5.32 Å². The quantitative estimate of drug-likeness (QED) is 0.779. The van der Waals surface area contributed by atoms with E-state index in [1.54, 1.807) is 25.3 Å². The predicted octanol–water partition coefficient (Wildman–Crippen LogP) is 2.77. The van der Waals surface area contributed by atoms with Crippen molar-refractivity contribution >= 4 is 17.0 Å². The smallest absolute Gasteiger partial charge is 0.252 e. The number of nitrogens with one attached hydrogen (secondary N) is 1. The maximum Gasteiger partial charge on any atom is 0.252 e. The number of hydrogen-bond acceptors (Lipinski definition) is 5. The van der Waals surface area contributed by atoms with Crippen molar-refractivity contribution in [3.05, 3.63) is 47.9 Å². The highest BCUT2D eigenvalue weighted by Gasteiger charge is 2.30. The number of ether oxygens (including phenoxy) is 1. The van der Waals surface area contributed by atoms with E-state index in [1.807, 2.05) is 23.9 Å². The Hall–Kier alpha value is -2.67. The van der Waals surface area contributed by atoms with Crippen LogP contribution in [0.15, 0.2) is 35.0 Å². The average Bonchev–Trinajstić information content (AvgIpc) is 3.24. The second-order valence-electron chi connectivity index (χ2n) is 6.71. The Bertz CT molecular complexity index is 924. The molecular weight excluding hydrogens is 332 g/mol. The molecule has 3 heterocycles. The second-order valence-corrected chi connectivity index (χ2v) is 6.71. The van der Waals surface area contributed by atoms with E-state index >= 15 is 0 Å². The highest BCUT2D eigenvalue weighted by atomic mass is 16.5. The summed E-state index contributed by atoms with van der Waals surface area (Å²) < 4.78 is 13.0. The molecular formula is C19H22N4O3. The lowest BCUT2D eigenvalue weighted by Gasteiger charge is -2.30. The summed E-state index contributed by atoms with van der Waals surface area (Å²) in [5.41, 5.74) is 1.93. The van der Waals surface area contributed by atoms with Crippen LogP contribution >= 0.6 is 0 Å². The van der Waals surface area contributed by atoms with E-state index in [1.165, 1.54) is 0 Å². The fourth-order valence-corrected chi connectivity index (χ4v) is 3.52. The zero-order chi connectivity index (χ0) is 18.1. The number of amides is 1. The minimum absolute atomic E-state index is 0.138. The van der Waals surface area contributed by atoms with Crippen LogP contribution in [0.4, 0.5) is 0 Å². The number of hydrogen-bond donors (Lipinski definition) is 1. The molecule has 0 aliphatic carbocycles. The lowest BCUT2D eigenvalue weighted by atomic mass is 9.90. The molecule has 1 aliphatic rings. The number of rotatable bonds is 4. The second kappa shape index (κ2) is 6.92. The van der Waals surface area contributed by atoms with E-state index in [4.69, 9.17) is 9.15 Å². The highest BCUT2D eigenvalue weighted by molar-refractivity contribution is 5.97. The minimum Gasteiger partial charge on any atom is -0.441 e. The first kappa shape index (κ1) is 16.8. The molecule has 1 atom stereocenters. The summed E-state index contributed by atoms with van der Waals surface area (Å²) in [4.78, 5) is 21.7. The number of imidazole rings is 1. The SMILES string of the molecule is Cc1nc2ccc(C(=O)N[C@H](c3nccn3C)C3CCOCC3)cc2o1. The number of aryl methyl sites for hydroxylation is 2. The number of fused-ring (bicyclic) bond motifs is 1. The third-order valence-electron chi connectivity index (χ3n) is 4.92. The van der Waals surface area contributed by atoms with Crippen molar-refractivity contribution in [2.75, 3.05) is 13.2 Å². The zero-order valence-electron chi connectivity index (χ0n) is 14.9. The molecule has 136 valence electrons. The first-order valence-electron chi connectivity index (χ1n) is 8.85. The normalized spacial score (nSPS) is 16.7. The number of carbonyl (C=O) groups is 1. The molecule has 0 spiro atoms. The topological polar surface area (TPSA) is 82.2 Å². The Balaban J connectivity index is 1.61. The van der Waals surface area contributed by atoms with Crippen molar-refractivity contribution in [3.8, 4) is 0 Å². The maximum absolute atomic E-state index is 12.9. The van der Waals surface area contributed by atoms with Gasteiger partial charge in [-0.25, -0.2) is 9.97 Å². The first-order valence-corrected chi connectivity index (χ1v) is 8.85. The van der Waals surface area contributed by atoms with Crippen LogP contribution in [0.3, 0.4) is 0 Å². The minimum atomic E-state index is -0.154. The summed E-state index contributed by atoms with van der Waals surface area (Å²) in [6.45, 7) is 3.22. The summed E-state index contributed by atoms with van der Waals surface area (Å²) in [6, 6.07) is 5.17. The Morgan fingerprint density at radius 1 is 1.35 bits per heavy atom. The van der Waals surface area contributed by atoms with E-state index in [2.05, 4.69) is 15.3 Å². The van der Waals surface area contributed by atoms with Crippen molar-refractivity contribution in [3.63, 3.8) is 0 Å². The number of nitrogens with zero attached hydrogens (tertiary/aromatic N) is 3. The molecule has 7 heteroatoms. The van der Waals surface area contributed by atoms with Crippen molar-refractivity contribution in [1.29, 1.82) is 0 Å². The maximum atomic E-state index is 12.9. The number of benzene rings is 1. The van der Waals surface area contributed by atoms with Crippen LogP contribution in [0.25, 0.3) is 11.1 Å². The molecule has 26 heavy (non-hydrogen) atoms. The van der Waals surface area contributed by atoms with Crippen LogP contribution in [0.5, 0.6) is 0 Å². The van der Waals surface area contributed by atoms with Crippen molar-refractivity contribution in [2.24, 2.45) is 13.0 Å². The van der Waals surface area contributed by atoms with Gasteiger partial charge in [-0.2, -0.15) is 0 Å². The molecule has 1 fully saturated rings. The Morgan fingerprint density at radius 2 is 2.15 bits per heavy atom. The van der Waals surface area contributed by atoms with Gasteiger partial charge in [-0.3, -0.25) is 4.79 Å². The third kappa shape index (κ3) is 3.22. The van der Waals surface area contributed by atoms with Crippen molar-refractivity contribution in [2.45, 2.75) is 25.8 Å². The molecule has 0 unspecified atom stereocenters. The largest absolute Gasteiger partial charge is 0.441 e. The molecule has 1 aliphatic heterocycles. The van der Waals surface area contributed by atoms with Gasteiger partial charge in [0, 0.05) is 45.1 Å². The zero-order valence-corrected chi connectivity index (χ0v) is 14.9. The Labute approximate surface area is 151 Å². The van der Waals surface area contributed by atoms with Crippen LogP contribution in [0, 0.1) is 12.8 Å². The number of oxazole rings is 1. The molecule has 7 nitrogen and oxygen atoms in total. The predicted molar refractivity (Wildman–Crippen MR) is 95.7 cm³/mol. The molecule has 1 N–H and O–H groups in total. The third-order valence-corrected chi connectivity index (χ3v) is 4.92. The average molecular weight is 354 g/mol. The summed E-state index contributed by atoms with van der Waals surface area (Å²) in [7, 11) is 1.95. The van der Waals surface area contributed by atoms with Crippen LogP contribution in [-0.4, -0.2) is 33.7 Å². The van der Waals surface area contributed by atoms with Crippen LogP contribution in [0.2, 0.25) is 0 Å². The lowest BCUT2D eigenvalue weighted by Crippen LogP contribution is -2.37. The van der Waals surface area contributed by atoms with Crippen LogP contribution in [0.1, 0.15) is 41.0 Å². The molecule has 2 aromatic heterocycles. The summed E-state index contributed by atoms with van der Waals surface area (Å²) in [5, 5.41) is 3.18. The monoisotopic (exact) mass is 354 g/mol. The van der Waals surface area contributed by atoms with Gasteiger partial charge in [0.05, 0.1) is 6.04 Å². The van der Waals surface area contributed by atoms with Gasteiger partial charge in [-0.1, -0.05) is 0 Å². The van der Waals surface area contributed by atoms with Gasteiger partial charge in [-0.15, -0.1) is 0 Å². The molecule has 1 aromatic carbocycles. The van der Waals surface area contributed by atoms with Gasteiger partial charge < -0.3 is 19.0 Å². The Kier molecular flexibility index (Phi) is 4.46. The molecule has 1 saturated heterocycles. The van der Waals surface area contributed by atoms with E-state index in [0.717, 1.165) is 24.2 Å². The van der Waals surface area contributed by atoms with Crippen LogP contribution in [-0.2, 0) is 11.8 Å². The van der Waals surface area contributed by atoms with E-state index in [-0.39, 0.29) is 11.9 Å². The fourth-order valence-electron chi connectivity index (χ4n) is 3.52. The Morgan fingerprint density at radius 3 is 2.88 bits per heavy atom. The first-order chi connectivity index (χ1) is 12.6. The van der Waals surface area contributed by atoms with Gasteiger partial charge >= 0.3 is 0 Å². The highest BCUT2D eigenvalue weighted by Crippen LogP contribution is 2.29. The number of aromatic nitrogens is 3. The van der Waals surface area contributed by atoms with E-state index in [9.17, 15) is 4.79 Å². The van der Waals surface area contributed by atoms with Gasteiger partial charge in [0.25, 0.3) is 5.91 Å².